The Morgan fingerprint density at radius 2 is 1.76 bits per heavy atom. The fourth-order valence-corrected chi connectivity index (χ4v) is 4.00. The van der Waals surface area contributed by atoms with E-state index in [4.69, 9.17) is 9.47 Å². The van der Waals surface area contributed by atoms with E-state index in [9.17, 15) is 9.59 Å². The van der Waals surface area contributed by atoms with Crippen LogP contribution in [0.1, 0.15) is 18.4 Å². The molecule has 0 radical (unpaired) electrons. The highest BCUT2D eigenvalue weighted by molar-refractivity contribution is 5.89. The average Bonchev–Trinajstić information content (AvgIpc) is 2.85. The Balaban J connectivity index is 1.33. The Hall–Kier alpha value is -4.01. The number of fused-ring (bicyclic) bond motifs is 3. The lowest BCUT2D eigenvalue weighted by molar-refractivity contribution is 0.252. The second kappa shape index (κ2) is 10.7. The van der Waals surface area contributed by atoms with Gasteiger partial charge in [-0.15, -0.1) is 0 Å². The van der Waals surface area contributed by atoms with Crippen LogP contribution in [0.4, 0.5) is 16.3 Å². The van der Waals surface area contributed by atoms with Crippen LogP contribution in [-0.2, 0) is 13.0 Å². The van der Waals surface area contributed by atoms with Gasteiger partial charge in [-0.05, 0) is 49.1 Å². The van der Waals surface area contributed by atoms with Crippen LogP contribution in [0.3, 0.4) is 0 Å². The number of amides is 2. The van der Waals surface area contributed by atoms with Crippen molar-refractivity contribution in [2.45, 2.75) is 25.8 Å². The third kappa shape index (κ3) is 5.31. The van der Waals surface area contributed by atoms with Gasteiger partial charge in [-0.25, -0.2) is 9.59 Å². The molecule has 3 N–H and O–H groups in total. The van der Waals surface area contributed by atoms with E-state index in [0.717, 1.165) is 41.8 Å². The third-order valence-corrected chi connectivity index (χ3v) is 5.73. The molecular weight excluding hydrogens is 434 g/mol. The van der Waals surface area contributed by atoms with Crippen LogP contribution in [-0.4, -0.2) is 42.9 Å². The summed E-state index contributed by atoms with van der Waals surface area (Å²) in [7, 11) is 3.21. The molecule has 0 aliphatic carbocycles. The van der Waals surface area contributed by atoms with Crippen molar-refractivity contribution in [1.82, 2.24) is 14.9 Å². The number of carbonyl (C=O) groups excluding carboxylic acids is 1. The van der Waals surface area contributed by atoms with Crippen molar-refractivity contribution in [3.63, 3.8) is 0 Å². The molecule has 9 heteroatoms. The quantitative estimate of drug-likeness (QED) is 0.420. The van der Waals surface area contributed by atoms with Gasteiger partial charge in [0, 0.05) is 37.0 Å². The van der Waals surface area contributed by atoms with Crippen molar-refractivity contribution in [3.05, 3.63) is 64.6 Å². The van der Waals surface area contributed by atoms with E-state index in [1.807, 2.05) is 48.5 Å². The van der Waals surface area contributed by atoms with Crippen molar-refractivity contribution in [3.8, 4) is 22.8 Å². The lowest BCUT2D eigenvalue weighted by Gasteiger charge is -2.23. The zero-order valence-electron chi connectivity index (χ0n) is 19.4. The van der Waals surface area contributed by atoms with Crippen molar-refractivity contribution < 1.29 is 14.3 Å². The summed E-state index contributed by atoms with van der Waals surface area (Å²) >= 11 is 0. The van der Waals surface area contributed by atoms with E-state index < -0.39 is 0 Å². The van der Waals surface area contributed by atoms with E-state index >= 15 is 0 Å². The molecule has 3 aromatic rings. The summed E-state index contributed by atoms with van der Waals surface area (Å²) in [6, 6.07) is 14.9. The van der Waals surface area contributed by atoms with Gasteiger partial charge in [-0.2, -0.15) is 4.98 Å². The van der Waals surface area contributed by atoms with Crippen LogP contribution in [0, 0.1) is 0 Å². The largest absolute Gasteiger partial charge is 0.493 e. The number of nitrogens with zero attached hydrogens (tertiary/aromatic N) is 2. The highest BCUT2D eigenvalue weighted by Gasteiger charge is 2.21. The number of benzene rings is 2. The number of carbonyl (C=O) groups is 1. The first-order valence-electron chi connectivity index (χ1n) is 11.3. The highest BCUT2D eigenvalue weighted by Crippen LogP contribution is 2.38. The van der Waals surface area contributed by atoms with Gasteiger partial charge in [0.25, 0.3) is 0 Å². The minimum Gasteiger partial charge on any atom is -0.493 e. The van der Waals surface area contributed by atoms with Gasteiger partial charge >= 0.3 is 11.7 Å². The van der Waals surface area contributed by atoms with Crippen LogP contribution in [0.25, 0.3) is 11.3 Å². The summed E-state index contributed by atoms with van der Waals surface area (Å²) in [5.74, 6) is 1.83. The lowest BCUT2D eigenvalue weighted by atomic mass is 9.97. The van der Waals surface area contributed by atoms with Crippen molar-refractivity contribution in [2.75, 3.05) is 37.9 Å². The molecule has 2 heterocycles. The molecule has 34 heavy (non-hydrogen) atoms. The summed E-state index contributed by atoms with van der Waals surface area (Å²) in [5, 5.41) is 8.87. The molecule has 0 saturated heterocycles. The average molecular weight is 464 g/mol. The molecule has 2 aromatic carbocycles. The molecule has 0 bridgehead atoms. The van der Waals surface area contributed by atoms with Gasteiger partial charge in [-0.1, -0.05) is 18.2 Å². The molecule has 9 nitrogen and oxygen atoms in total. The number of urea groups is 1. The first kappa shape index (κ1) is 23.2. The van der Waals surface area contributed by atoms with Gasteiger partial charge in [-0.3, -0.25) is 4.57 Å². The minimum absolute atomic E-state index is 0.228. The van der Waals surface area contributed by atoms with E-state index in [0.29, 0.717) is 37.0 Å². The molecule has 0 unspecified atom stereocenters. The standard InChI is InChI=1S/C25H29N5O4/c1-33-21-14-17-10-13-30-20(19(17)15-22(21)34-2)16-23(29-25(30)32)26-11-6-7-12-27-24(31)28-18-8-4-3-5-9-18/h3-5,8-9,14-16H,6-7,10-13H2,1-2H3,(H,26,29,32)(H2,27,28,31). The Labute approximate surface area is 198 Å². The molecular formula is C25H29N5O4. The fraction of sp³-hybridized carbons (Fsp3) is 0.320. The van der Waals surface area contributed by atoms with Gasteiger partial charge in [0.05, 0.1) is 19.9 Å². The van der Waals surface area contributed by atoms with Gasteiger partial charge in [0.1, 0.15) is 5.82 Å². The number of aromatic nitrogens is 2. The maximum Gasteiger partial charge on any atom is 0.349 e. The van der Waals surface area contributed by atoms with Crippen LogP contribution in [0.5, 0.6) is 11.5 Å². The number of aryl methyl sites for hydroxylation is 1. The predicted molar refractivity (Wildman–Crippen MR) is 132 cm³/mol. The maximum atomic E-state index is 12.6. The van der Waals surface area contributed by atoms with Gasteiger partial charge in [0.15, 0.2) is 11.5 Å². The minimum atomic E-state index is -0.278. The van der Waals surface area contributed by atoms with Crippen LogP contribution < -0.4 is 31.1 Å². The number of unbranched alkanes of at least 4 members (excludes halogenated alkanes) is 1. The zero-order valence-corrected chi connectivity index (χ0v) is 19.4. The Morgan fingerprint density at radius 1 is 1.03 bits per heavy atom. The summed E-state index contributed by atoms with van der Waals surface area (Å²) in [5.41, 5.74) is 3.34. The smallest absolute Gasteiger partial charge is 0.349 e. The molecule has 0 atom stereocenters. The third-order valence-electron chi connectivity index (χ3n) is 5.73. The van der Waals surface area contributed by atoms with Crippen molar-refractivity contribution >= 4 is 17.5 Å². The van der Waals surface area contributed by atoms with Gasteiger partial charge < -0.3 is 25.4 Å². The molecule has 1 aromatic heterocycles. The summed E-state index contributed by atoms with van der Waals surface area (Å²) in [4.78, 5) is 28.7. The molecule has 1 aliphatic heterocycles. The second-order valence-corrected chi connectivity index (χ2v) is 7.96. The maximum absolute atomic E-state index is 12.6. The normalized spacial score (nSPS) is 11.7. The molecule has 0 saturated carbocycles. The SMILES string of the molecule is COc1cc2c(cc1OC)-c1cc(NCCCCNC(=O)Nc3ccccc3)nc(=O)n1CC2. The van der Waals surface area contributed by atoms with Crippen molar-refractivity contribution in [1.29, 1.82) is 0 Å². The number of ether oxygens (including phenoxy) is 2. The van der Waals surface area contributed by atoms with E-state index in [-0.39, 0.29) is 11.7 Å². The summed E-state index contributed by atoms with van der Waals surface area (Å²) in [6.45, 7) is 1.76. The fourth-order valence-electron chi connectivity index (χ4n) is 4.00. The zero-order chi connectivity index (χ0) is 23.9. The van der Waals surface area contributed by atoms with Crippen LogP contribution in [0.2, 0.25) is 0 Å². The predicted octanol–water partition coefficient (Wildman–Crippen LogP) is 3.50. The van der Waals surface area contributed by atoms with E-state index in [1.54, 1.807) is 18.8 Å². The number of anilines is 2. The first-order chi connectivity index (χ1) is 16.6. The molecule has 0 fully saturated rings. The Morgan fingerprint density at radius 3 is 2.53 bits per heavy atom. The molecule has 0 spiro atoms. The number of hydrogen-bond donors (Lipinski definition) is 3. The van der Waals surface area contributed by atoms with Gasteiger partial charge in [0.2, 0.25) is 0 Å². The Bertz CT molecular complexity index is 1210. The monoisotopic (exact) mass is 463 g/mol. The Kier molecular flexibility index (Phi) is 7.31. The number of hydrogen-bond acceptors (Lipinski definition) is 6. The highest BCUT2D eigenvalue weighted by atomic mass is 16.5. The molecule has 1 aliphatic rings. The van der Waals surface area contributed by atoms with Crippen LogP contribution >= 0.6 is 0 Å². The number of rotatable bonds is 9. The van der Waals surface area contributed by atoms with E-state index in [2.05, 4.69) is 20.9 Å². The summed E-state index contributed by atoms with van der Waals surface area (Å²) < 4.78 is 12.6. The molecule has 4 rings (SSSR count). The van der Waals surface area contributed by atoms with E-state index in [1.165, 1.54) is 0 Å². The molecule has 2 amide bonds. The molecule has 178 valence electrons. The summed E-state index contributed by atoms with van der Waals surface area (Å²) in [6.07, 6.45) is 2.33. The van der Waals surface area contributed by atoms with Crippen LogP contribution in [0.15, 0.2) is 53.3 Å². The van der Waals surface area contributed by atoms with Crippen molar-refractivity contribution in [2.24, 2.45) is 0 Å². The second-order valence-electron chi connectivity index (χ2n) is 7.96. The lowest BCUT2D eigenvalue weighted by Crippen LogP contribution is -2.30. The number of nitrogens with one attached hydrogen (secondary N) is 3. The first-order valence-corrected chi connectivity index (χ1v) is 11.3. The topological polar surface area (TPSA) is 107 Å². The number of para-hydroxylation sites is 1. The number of methoxy groups -OCH3 is 2.